The highest BCUT2D eigenvalue weighted by Crippen LogP contribution is 2.20. The average Bonchev–Trinajstić information content (AvgIpc) is 2.34. The summed E-state index contributed by atoms with van der Waals surface area (Å²) >= 11 is 0. The second-order valence-electron chi connectivity index (χ2n) is 4.20. The van der Waals surface area contributed by atoms with Crippen LogP contribution in [0.5, 0.6) is 0 Å². The molecule has 5 heteroatoms. The van der Waals surface area contributed by atoms with Gasteiger partial charge in [0, 0.05) is 12.5 Å². The highest BCUT2D eigenvalue weighted by Gasteiger charge is 2.14. The van der Waals surface area contributed by atoms with Gasteiger partial charge in [0.25, 0.3) is 0 Å². The van der Waals surface area contributed by atoms with Gasteiger partial charge in [0.2, 0.25) is 5.91 Å². The lowest BCUT2D eigenvalue weighted by atomic mass is 9.93. The van der Waals surface area contributed by atoms with Crippen molar-refractivity contribution in [2.45, 2.75) is 25.4 Å². The van der Waals surface area contributed by atoms with Gasteiger partial charge < -0.3 is 16.2 Å². The topological polar surface area (TPSA) is 75.3 Å². The summed E-state index contributed by atoms with van der Waals surface area (Å²) in [6.07, 6.45) is 0.226. The zero-order chi connectivity index (χ0) is 12.7. The molecule has 102 valence electrons. The number of benzene rings is 1. The molecule has 2 unspecified atom stereocenters. The van der Waals surface area contributed by atoms with E-state index >= 15 is 0 Å². The van der Waals surface area contributed by atoms with Crippen LogP contribution in [0.25, 0.3) is 0 Å². The van der Waals surface area contributed by atoms with E-state index < -0.39 is 6.10 Å². The third-order valence-electron chi connectivity index (χ3n) is 2.63. The molecule has 0 aliphatic heterocycles. The van der Waals surface area contributed by atoms with Crippen molar-refractivity contribution in [3.8, 4) is 0 Å². The quantitative estimate of drug-likeness (QED) is 0.724. The number of carbonyl (C=O) groups is 1. The molecule has 1 amide bonds. The van der Waals surface area contributed by atoms with Crippen LogP contribution in [0.1, 0.15) is 24.8 Å². The molecule has 18 heavy (non-hydrogen) atoms. The standard InChI is InChI=1S/C13H20N2O2.ClH/c1-10(16)7-12(9-15-13(17)8-14)11-5-3-2-4-6-11;/h2-6,10,12,16H,7-9,14H2,1H3,(H,15,17);1H. The maximum Gasteiger partial charge on any atom is 0.233 e. The van der Waals surface area contributed by atoms with E-state index in [1.807, 2.05) is 30.3 Å². The first-order valence-electron chi connectivity index (χ1n) is 5.83. The number of nitrogens with two attached hydrogens (primary N) is 1. The van der Waals surface area contributed by atoms with E-state index in [0.29, 0.717) is 13.0 Å². The maximum atomic E-state index is 11.1. The van der Waals surface area contributed by atoms with Gasteiger partial charge in [-0.1, -0.05) is 30.3 Å². The largest absolute Gasteiger partial charge is 0.393 e. The van der Waals surface area contributed by atoms with E-state index in [-0.39, 0.29) is 30.8 Å². The predicted molar refractivity (Wildman–Crippen MR) is 74.8 cm³/mol. The third kappa shape index (κ3) is 6.00. The molecule has 1 aromatic carbocycles. The lowest BCUT2D eigenvalue weighted by Crippen LogP contribution is -2.34. The van der Waals surface area contributed by atoms with Gasteiger partial charge in [-0.3, -0.25) is 4.79 Å². The molecular formula is C13H21ClN2O2. The van der Waals surface area contributed by atoms with Crippen LogP contribution in [-0.4, -0.2) is 30.2 Å². The summed E-state index contributed by atoms with van der Waals surface area (Å²) in [5.74, 6) is -0.0526. The van der Waals surface area contributed by atoms with Crippen molar-refractivity contribution in [1.29, 1.82) is 0 Å². The van der Waals surface area contributed by atoms with Crippen LogP contribution in [0, 0.1) is 0 Å². The van der Waals surface area contributed by atoms with E-state index in [4.69, 9.17) is 5.73 Å². The molecular weight excluding hydrogens is 252 g/mol. The number of halogens is 1. The number of nitrogens with one attached hydrogen (secondary N) is 1. The number of carbonyl (C=O) groups excluding carboxylic acids is 1. The van der Waals surface area contributed by atoms with Crippen LogP contribution >= 0.6 is 12.4 Å². The van der Waals surface area contributed by atoms with Crippen molar-refractivity contribution < 1.29 is 9.90 Å². The fourth-order valence-electron chi connectivity index (χ4n) is 1.78. The highest BCUT2D eigenvalue weighted by molar-refractivity contribution is 5.85. The minimum Gasteiger partial charge on any atom is -0.393 e. The van der Waals surface area contributed by atoms with E-state index in [1.165, 1.54) is 0 Å². The van der Waals surface area contributed by atoms with Crippen LogP contribution < -0.4 is 11.1 Å². The van der Waals surface area contributed by atoms with E-state index in [1.54, 1.807) is 6.92 Å². The zero-order valence-electron chi connectivity index (χ0n) is 10.5. The molecule has 0 bridgehead atoms. The minimum atomic E-state index is -0.394. The Balaban J connectivity index is 0.00000289. The van der Waals surface area contributed by atoms with Crippen molar-refractivity contribution >= 4 is 18.3 Å². The Morgan fingerprint density at radius 3 is 2.50 bits per heavy atom. The predicted octanol–water partition coefficient (Wildman–Crippen LogP) is 1.04. The molecule has 0 saturated carbocycles. The summed E-state index contributed by atoms with van der Waals surface area (Å²) in [5, 5.41) is 12.2. The van der Waals surface area contributed by atoms with Gasteiger partial charge in [0.05, 0.1) is 12.6 Å². The summed E-state index contributed by atoms with van der Waals surface area (Å²) in [6, 6.07) is 9.86. The lowest BCUT2D eigenvalue weighted by Gasteiger charge is -2.19. The van der Waals surface area contributed by atoms with Crippen LogP contribution in [0.3, 0.4) is 0 Å². The van der Waals surface area contributed by atoms with Crippen LogP contribution in [0.4, 0.5) is 0 Å². The summed E-state index contributed by atoms with van der Waals surface area (Å²) in [6.45, 7) is 2.25. The molecule has 0 fully saturated rings. The Hall–Kier alpha value is -1.10. The van der Waals surface area contributed by atoms with Crippen molar-refractivity contribution in [3.63, 3.8) is 0 Å². The molecule has 0 aliphatic rings. The lowest BCUT2D eigenvalue weighted by molar-refractivity contribution is -0.119. The Morgan fingerprint density at radius 2 is 2.00 bits per heavy atom. The molecule has 2 atom stereocenters. The molecule has 0 heterocycles. The van der Waals surface area contributed by atoms with Crippen molar-refractivity contribution in [2.75, 3.05) is 13.1 Å². The summed E-state index contributed by atoms with van der Waals surface area (Å²) in [4.78, 5) is 11.1. The second-order valence-corrected chi connectivity index (χ2v) is 4.20. The van der Waals surface area contributed by atoms with Crippen LogP contribution in [0.2, 0.25) is 0 Å². The van der Waals surface area contributed by atoms with Crippen LogP contribution in [0.15, 0.2) is 30.3 Å². The fourth-order valence-corrected chi connectivity index (χ4v) is 1.78. The molecule has 0 saturated heterocycles. The smallest absolute Gasteiger partial charge is 0.233 e. The molecule has 1 aromatic rings. The number of hydrogen-bond acceptors (Lipinski definition) is 3. The van der Waals surface area contributed by atoms with Gasteiger partial charge in [-0.15, -0.1) is 12.4 Å². The first kappa shape index (κ1) is 16.9. The molecule has 0 aromatic heterocycles. The Labute approximate surface area is 114 Å². The average molecular weight is 273 g/mol. The first-order chi connectivity index (χ1) is 8.13. The van der Waals surface area contributed by atoms with Crippen molar-refractivity contribution in [2.24, 2.45) is 5.73 Å². The van der Waals surface area contributed by atoms with Gasteiger partial charge in [0.15, 0.2) is 0 Å². The van der Waals surface area contributed by atoms with Gasteiger partial charge in [-0.05, 0) is 18.9 Å². The molecule has 0 radical (unpaired) electrons. The van der Waals surface area contributed by atoms with E-state index in [0.717, 1.165) is 5.56 Å². The SMILES string of the molecule is CC(O)CC(CNC(=O)CN)c1ccccc1.Cl. The third-order valence-corrected chi connectivity index (χ3v) is 2.63. The Bertz CT molecular complexity index is 344. The van der Waals surface area contributed by atoms with E-state index in [9.17, 15) is 9.90 Å². The van der Waals surface area contributed by atoms with Crippen LogP contribution in [-0.2, 0) is 4.79 Å². The number of aliphatic hydroxyl groups excluding tert-OH is 1. The summed E-state index contributed by atoms with van der Waals surface area (Å²) in [7, 11) is 0. The van der Waals surface area contributed by atoms with Gasteiger partial charge in [-0.2, -0.15) is 0 Å². The number of amides is 1. The highest BCUT2D eigenvalue weighted by atomic mass is 35.5. The summed E-state index contributed by atoms with van der Waals surface area (Å²) < 4.78 is 0. The Morgan fingerprint density at radius 1 is 1.39 bits per heavy atom. The number of rotatable bonds is 6. The van der Waals surface area contributed by atoms with Crippen molar-refractivity contribution in [3.05, 3.63) is 35.9 Å². The number of aliphatic hydroxyl groups is 1. The van der Waals surface area contributed by atoms with Gasteiger partial charge >= 0.3 is 0 Å². The number of hydrogen-bond donors (Lipinski definition) is 3. The Kier molecular flexibility index (Phi) is 8.37. The van der Waals surface area contributed by atoms with Gasteiger partial charge in [0.1, 0.15) is 0 Å². The second kappa shape index (κ2) is 8.91. The first-order valence-corrected chi connectivity index (χ1v) is 5.83. The zero-order valence-corrected chi connectivity index (χ0v) is 11.3. The minimum absolute atomic E-state index is 0. The monoisotopic (exact) mass is 272 g/mol. The van der Waals surface area contributed by atoms with Gasteiger partial charge in [-0.25, -0.2) is 0 Å². The molecule has 1 rings (SSSR count). The molecule has 0 aliphatic carbocycles. The van der Waals surface area contributed by atoms with E-state index in [2.05, 4.69) is 5.32 Å². The maximum absolute atomic E-state index is 11.1. The molecule has 4 nitrogen and oxygen atoms in total. The van der Waals surface area contributed by atoms with Crippen molar-refractivity contribution in [1.82, 2.24) is 5.32 Å². The molecule has 0 spiro atoms. The fraction of sp³-hybridized carbons (Fsp3) is 0.462. The normalized spacial score (nSPS) is 13.3. The molecule has 4 N–H and O–H groups in total. The summed E-state index contributed by atoms with van der Waals surface area (Å²) in [5.41, 5.74) is 6.35.